The minimum Gasteiger partial charge on any atom is -0.457 e. The number of rotatable bonds is 2. The zero-order valence-electron chi connectivity index (χ0n) is 7.76. The minimum atomic E-state index is -0.159. The number of alkyl halides is 1. The normalized spacial score (nSPS) is 13.1. The fourth-order valence-electron chi connectivity index (χ4n) is 1.25. The number of aryl methyl sites for hydroxylation is 1. The Morgan fingerprint density at radius 3 is 2.67 bits per heavy atom. The zero-order chi connectivity index (χ0) is 11.0. The molecule has 2 rings (SSSR count). The number of thiophene rings is 1. The van der Waals surface area contributed by atoms with Crippen molar-refractivity contribution >= 4 is 54.8 Å². The van der Waals surface area contributed by atoms with Gasteiger partial charge >= 0.3 is 0 Å². The summed E-state index contributed by atoms with van der Waals surface area (Å²) in [5.41, 5.74) is 2.17. The number of hydrogen-bond acceptors (Lipinski definition) is 2. The Morgan fingerprint density at radius 1 is 1.47 bits per heavy atom. The summed E-state index contributed by atoms with van der Waals surface area (Å²) in [5, 5.41) is -0.159. The van der Waals surface area contributed by atoms with E-state index in [4.69, 9.17) is 16.0 Å². The van der Waals surface area contributed by atoms with Crippen LogP contribution in [0.1, 0.15) is 21.4 Å². The Kier molecular flexibility index (Phi) is 3.60. The summed E-state index contributed by atoms with van der Waals surface area (Å²) in [6, 6.07) is 3.97. The molecule has 0 aromatic carbocycles. The summed E-state index contributed by atoms with van der Waals surface area (Å²) in [5.74, 6) is 0. The Morgan fingerprint density at radius 2 is 2.20 bits per heavy atom. The van der Waals surface area contributed by atoms with Gasteiger partial charge in [-0.2, -0.15) is 0 Å². The van der Waals surface area contributed by atoms with Crippen molar-refractivity contribution in [2.45, 2.75) is 12.3 Å². The second-order valence-corrected chi connectivity index (χ2v) is 6.68. The van der Waals surface area contributed by atoms with Crippen molar-refractivity contribution in [1.82, 2.24) is 0 Å². The van der Waals surface area contributed by atoms with Crippen molar-refractivity contribution in [2.75, 3.05) is 0 Å². The molecule has 0 N–H and O–H groups in total. The number of furan rings is 1. The molecule has 1 unspecified atom stereocenters. The predicted molar refractivity (Wildman–Crippen MR) is 70.9 cm³/mol. The van der Waals surface area contributed by atoms with Gasteiger partial charge in [-0.15, -0.1) is 22.9 Å². The first-order valence-electron chi connectivity index (χ1n) is 4.22. The van der Waals surface area contributed by atoms with Gasteiger partial charge in [-0.3, -0.25) is 0 Å². The Hall–Kier alpha value is 0.230. The van der Waals surface area contributed by atoms with Crippen molar-refractivity contribution in [2.24, 2.45) is 0 Å². The van der Waals surface area contributed by atoms with E-state index in [9.17, 15) is 0 Å². The molecular formula is C10H7Br2ClOS. The van der Waals surface area contributed by atoms with Crippen LogP contribution < -0.4 is 0 Å². The van der Waals surface area contributed by atoms with Crippen LogP contribution in [0.2, 0.25) is 0 Å². The van der Waals surface area contributed by atoms with Gasteiger partial charge in [0.25, 0.3) is 0 Å². The van der Waals surface area contributed by atoms with Crippen molar-refractivity contribution in [1.29, 1.82) is 0 Å². The highest BCUT2D eigenvalue weighted by Crippen LogP contribution is 2.40. The van der Waals surface area contributed by atoms with E-state index < -0.39 is 0 Å². The third kappa shape index (κ3) is 2.33. The number of hydrogen-bond donors (Lipinski definition) is 0. The lowest BCUT2D eigenvalue weighted by molar-refractivity contribution is 0.537. The van der Waals surface area contributed by atoms with E-state index in [1.165, 1.54) is 5.56 Å². The third-order valence-electron chi connectivity index (χ3n) is 2.05. The Bertz CT molecular complexity index is 458. The van der Waals surface area contributed by atoms with Crippen molar-refractivity contribution < 1.29 is 4.42 Å². The standard InChI is InChI=1S/C10H7Br2ClOS/c1-5-4-7(15-10(5)12)8(13)6-2-3-14-9(6)11/h2-4,8H,1H3. The molecule has 0 spiro atoms. The van der Waals surface area contributed by atoms with Gasteiger partial charge in [-0.25, -0.2) is 0 Å². The molecule has 2 aromatic heterocycles. The highest BCUT2D eigenvalue weighted by Gasteiger charge is 2.18. The molecule has 5 heteroatoms. The monoisotopic (exact) mass is 368 g/mol. The highest BCUT2D eigenvalue weighted by molar-refractivity contribution is 9.11. The lowest BCUT2D eigenvalue weighted by Crippen LogP contribution is -1.87. The predicted octanol–water partition coefficient (Wildman–Crippen LogP) is 5.50. The van der Waals surface area contributed by atoms with E-state index >= 15 is 0 Å². The van der Waals surface area contributed by atoms with E-state index in [1.54, 1.807) is 17.6 Å². The first-order valence-corrected chi connectivity index (χ1v) is 7.06. The van der Waals surface area contributed by atoms with Crippen LogP contribution in [0.25, 0.3) is 0 Å². The molecular weight excluding hydrogens is 363 g/mol. The van der Waals surface area contributed by atoms with Gasteiger partial charge in [-0.1, -0.05) is 0 Å². The van der Waals surface area contributed by atoms with E-state index in [2.05, 4.69) is 44.8 Å². The maximum absolute atomic E-state index is 6.36. The molecule has 1 nitrogen and oxygen atoms in total. The molecule has 15 heavy (non-hydrogen) atoms. The molecule has 0 aliphatic carbocycles. The first kappa shape index (κ1) is 11.7. The molecule has 2 heterocycles. The molecule has 0 aliphatic rings. The second-order valence-electron chi connectivity index (χ2n) is 3.12. The van der Waals surface area contributed by atoms with Crippen LogP contribution in [0.3, 0.4) is 0 Å². The lowest BCUT2D eigenvalue weighted by atomic mass is 10.2. The van der Waals surface area contributed by atoms with Crippen LogP contribution >= 0.6 is 54.8 Å². The summed E-state index contributed by atoms with van der Waals surface area (Å²) < 4.78 is 7.00. The maximum Gasteiger partial charge on any atom is 0.173 e. The average molecular weight is 370 g/mol. The van der Waals surface area contributed by atoms with Gasteiger partial charge < -0.3 is 4.42 Å². The van der Waals surface area contributed by atoms with Gasteiger partial charge in [0.1, 0.15) is 0 Å². The van der Waals surface area contributed by atoms with E-state index in [1.807, 2.05) is 6.07 Å². The van der Waals surface area contributed by atoms with Crippen LogP contribution in [-0.2, 0) is 0 Å². The van der Waals surface area contributed by atoms with Gasteiger partial charge in [0.15, 0.2) is 4.67 Å². The molecule has 1 atom stereocenters. The fraction of sp³-hybridized carbons (Fsp3) is 0.200. The third-order valence-corrected chi connectivity index (χ3v) is 5.49. The summed E-state index contributed by atoms with van der Waals surface area (Å²) >= 11 is 14.8. The van der Waals surface area contributed by atoms with Crippen LogP contribution in [0, 0.1) is 6.92 Å². The molecule has 0 fully saturated rings. The SMILES string of the molecule is Cc1cc(C(Cl)c2ccoc2Br)sc1Br. The summed E-state index contributed by atoms with van der Waals surface area (Å²) in [6.07, 6.45) is 1.63. The van der Waals surface area contributed by atoms with Gasteiger partial charge in [0.05, 0.1) is 15.4 Å². The Labute approximate surface area is 114 Å². The molecule has 0 radical (unpaired) electrons. The van der Waals surface area contributed by atoms with Gasteiger partial charge in [0, 0.05) is 10.4 Å². The second kappa shape index (κ2) is 4.62. The van der Waals surface area contributed by atoms with Crippen molar-refractivity contribution in [3.05, 3.63) is 42.9 Å². The molecule has 0 amide bonds. The molecule has 0 saturated heterocycles. The van der Waals surface area contributed by atoms with Crippen molar-refractivity contribution in [3.8, 4) is 0 Å². The summed E-state index contributed by atoms with van der Waals surface area (Å²) in [6.45, 7) is 2.05. The highest BCUT2D eigenvalue weighted by atomic mass is 79.9. The molecule has 80 valence electrons. The molecule has 0 aliphatic heterocycles. The van der Waals surface area contributed by atoms with Crippen LogP contribution in [0.5, 0.6) is 0 Å². The van der Waals surface area contributed by atoms with Gasteiger partial charge in [0.2, 0.25) is 0 Å². The summed E-state index contributed by atoms with van der Waals surface area (Å²) in [4.78, 5) is 1.11. The van der Waals surface area contributed by atoms with Crippen LogP contribution in [0.4, 0.5) is 0 Å². The van der Waals surface area contributed by atoms with Gasteiger partial charge in [-0.05, 0) is 56.5 Å². The smallest absolute Gasteiger partial charge is 0.173 e. The van der Waals surface area contributed by atoms with Crippen LogP contribution in [-0.4, -0.2) is 0 Å². The quantitative estimate of drug-likeness (QED) is 0.636. The topological polar surface area (TPSA) is 13.1 Å². The molecule has 2 aromatic rings. The average Bonchev–Trinajstić information content (AvgIpc) is 2.74. The van der Waals surface area contributed by atoms with E-state index in [-0.39, 0.29) is 5.38 Å². The maximum atomic E-state index is 6.36. The molecule has 0 bridgehead atoms. The number of halogens is 3. The first-order chi connectivity index (χ1) is 7.09. The largest absolute Gasteiger partial charge is 0.457 e. The fourth-order valence-corrected chi connectivity index (χ4v) is 3.78. The van der Waals surface area contributed by atoms with Crippen molar-refractivity contribution in [3.63, 3.8) is 0 Å². The zero-order valence-corrected chi connectivity index (χ0v) is 12.5. The van der Waals surface area contributed by atoms with E-state index in [0.29, 0.717) is 4.67 Å². The molecule has 0 saturated carbocycles. The van der Waals surface area contributed by atoms with Crippen LogP contribution in [0.15, 0.2) is 31.3 Å². The minimum absolute atomic E-state index is 0.159. The van der Waals surface area contributed by atoms with E-state index in [0.717, 1.165) is 14.2 Å². The summed E-state index contributed by atoms with van der Waals surface area (Å²) in [7, 11) is 0. The Balaban J connectivity index is 2.36. The lowest BCUT2D eigenvalue weighted by Gasteiger charge is -2.03.